The maximum atomic E-state index is 12.1. The van der Waals surface area contributed by atoms with Gasteiger partial charge < -0.3 is 5.32 Å². The van der Waals surface area contributed by atoms with Crippen LogP contribution >= 0.6 is 23.2 Å². The lowest BCUT2D eigenvalue weighted by molar-refractivity contribution is 0.637. The molecule has 1 N–H and O–H groups in total. The van der Waals surface area contributed by atoms with Crippen molar-refractivity contribution in [3.63, 3.8) is 0 Å². The van der Waals surface area contributed by atoms with Gasteiger partial charge in [0.1, 0.15) is 0 Å². The second-order valence-corrected chi connectivity index (χ2v) is 6.09. The summed E-state index contributed by atoms with van der Waals surface area (Å²) in [5, 5.41) is 8.48. The molecular formula is C15H17Cl2N3O. The van der Waals surface area contributed by atoms with Crippen LogP contribution in [0.15, 0.2) is 35.3 Å². The molecule has 0 aliphatic carbocycles. The number of halogens is 2. The predicted octanol–water partition coefficient (Wildman–Crippen LogP) is 3.67. The van der Waals surface area contributed by atoms with E-state index in [0.29, 0.717) is 22.5 Å². The van der Waals surface area contributed by atoms with Crippen LogP contribution in [0.5, 0.6) is 0 Å². The van der Waals surface area contributed by atoms with Gasteiger partial charge in [-0.3, -0.25) is 4.79 Å². The largest absolute Gasteiger partial charge is 0.383 e. The number of benzene rings is 1. The molecular weight excluding hydrogens is 309 g/mol. The SMILES string of the molecule is CC(C)CNc1cnn(Cc2cc(Cl)ccc2Cl)c(=O)c1. The third-order valence-electron chi connectivity index (χ3n) is 2.91. The van der Waals surface area contributed by atoms with Gasteiger partial charge in [0.25, 0.3) is 5.56 Å². The van der Waals surface area contributed by atoms with E-state index in [1.807, 2.05) is 0 Å². The number of aromatic nitrogens is 2. The zero-order valence-electron chi connectivity index (χ0n) is 11.9. The summed E-state index contributed by atoms with van der Waals surface area (Å²) in [6.45, 7) is 5.29. The van der Waals surface area contributed by atoms with Crippen molar-refractivity contribution in [2.24, 2.45) is 5.92 Å². The Balaban J connectivity index is 2.18. The normalized spacial score (nSPS) is 10.9. The van der Waals surface area contributed by atoms with Crippen LogP contribution in [0, 0.1) is 5.92 Å². The van der Waals surface area contributed by atoms with E-state index in [2.05, 4.69) is 24.3 Å². The molecule has 0 saturated heterocycles. The number of rotatable bonds is 5. The highest BCUT2D eigenvalue weighted by Crippen LogP contribution is 2.20. The molecule has 0 aliphatic heterocycles. The summed E-state index contributed by atoms with van der Waals surface area (Å²) in [7, 11) is 0. The number of anilines is 1. The van der Waals surface area contributed by atoms with Crippen molar-refractivity contribution >= 4 is 28.9 Å². The van der Waals surface area contributed by atoms with Crippen molar-refractivity contribution in [2.75, 3.05) is 11.9 Å². The Morgan fingerprint density at radius 1 is 1.29 bits per heavy atom. The minimum atomic E-state index is -0.181. The molecule has 6 heteroatoms. The van der Waals surface area contributed by atoms with Gasteiger partial charge >= 0.3 is 0 Å². The third-order valence-corrected chi connectivity index (χ3v) is 3.52. The van der Waals surface area contributed by atoms with E-state index in [1.54, 1.807) is 24.4 Å². The molecule has 2 aromatic rings. The monoisotopic (exact) mass is 325 g/mol. The Morgan fingerprint density at radius 2 is 2.05 bits per heavy atom. The van der Waals surface area contributed by atoms with Gasteiger partial charge in [0.2, 0.25) is 0 Å². The van der Waals surface area contributed by atoms with Crippen LogP contribution in [0.4, 0.5) is 5.69 Å². The predicted molar refractivity (Wildman–Crippen MR) is 87.4 cm³/mol. The van der Waals surface area contributed by atoms with Crippen molar-refractivity contribution in [1.82, 2.24) is 9.78 Å². The van der Waals surface area contributed by atoms with E-state index in [-0.39, 0.29) is 5.56 Å². The summed E-state index contributed by atoms with van der Waals surface area (Å²) in [5.74, 6) is 0.498. The van der Waals surface area contributed by atoms with E-state index >= 15 is 0 Å². The number of nitrogens with one attached hydrogen (secondary N) is 1. The van der Waals surface area contributed by atoms with Gasteiger partial charge in [-0.15, -0.1) is 0 Å². The molecule has 1 heterocycles. The zero-order chi connectivity index (χ0) is 15.4. The van der Waals surface area contributed by atoms with Crippen molar-refractivity contribution < 1.29 is 0 Å². The molecule has 4 nitrogen and oxygen atoms in total. The third kappa shape index (κ3) is 4.48. The van der Waals surface area contributed by atoms with Crippen LogP contribution in [-0.4, -0.2) is 16.3 Å². The Kier molecular flexibility index (Phi) is 5.26. The summed E-state index contributed by atoms with van der Waals surface area (Å²) in [6.07, 6.45) is 1.64. The molecule has 112 valence electrons. The average Bonchev–Trinajstić information content (AvgIpc) is 2.43. The van der Waals surface area contributed by atoms with Crippen LogP contribution in [0.1, 0.15) is 19.4 Å². The van der Waals surface area contributed by atoms with Crippen LogP contribution in [0.3, 0.4) is 0 Å². The first-order valence-electron chi connectivity index (χ1n) is 6.70. The van der Waals surface area contributed by atoms with Crippen LogP contribution in [0.25, 0.3) is 0 Å². The van der Waals surface area contributed by atoms with Gasteiger partial charge in [-0.05, 0) is 29.7 Å². The maximum Gasteiger partial charge on any atom is 0.269 e. The summed E-state index contributed by atoms with van der Waals surface area (Å²) in [5.41, 5.74) is 1.31. The summed E-state index contributed by atoms with van der Waals surface area (Å²) >= 11 is 12.0. The minimum Gasteiger partial charge on any atom is -0.383 e. The topological polar surface area (TPSA) is 46.9 Å². The lowest BCUT2D eigenvalue weighted by Crippen LogP contribution is -2.23. The fraction of sp³-hybridized carbons (Fsp3) is 0.333. The molecule has 0 fully saturated rings. The van der Waals surface area contributed by atoms with Crippen LogP contribution in [-0.2, 0) is 6.54 Å². The fourth-order valence-corrected chi connectivity index (χ4v) is 2.17. The van der Waals surface area contributed by atoms with Crippen molar-refractivity contribution in [1.29, 1.82) is 0 Å². The highest BCUT2D eigenvalue weighted by atomic mass is 35.5. The number of hydrogen-bond donors (Lipinski definition) is 1. The number of hydrogen-bond acceptors (Lipinski definition) is 3. The Labute approximate surface area is 133 Å². The molecule has 0 radical (unpaired) electrons. The molecule has 21 heavy (non-hydrogen) atoms. The molecule has 0 bridgehead atoms. The van der Waals surface area contributed by atoms with Gasteiger partial charge in [-0.2, -0.15) is 5.10 Å². The Morgan fingerprint density at radius 3 is 2.71 bits per heavy atom. The molecule has 0 unspecified atom stereocenters. The van der Waals surface area contributed by atoms with E-state index in [1.165, 1.54) is 10.7 Å². The summed E-state index contributed by atoms with van der Waals surface area (Å²) < 4.78 is 1.36. The van der Waals surface area contributed by atoms with Gasteiger partial charge in [-0.1, -0.05) is 37.0 Å². The second-order valence-electron chi connectivity index (χ2n) is 5.25. The van der Waals surface area contributed by atoms with E-state index < -0.39 is 0 Å². The summed E-state index contributed by atoms with van der Waals surface area (Å²) in [6, 6.07) is 6.70. The smallest absolute Gasteiger partial charge is 0.269 e. The fourth-order valence-electron chi connectivity index (χ4n) is 1.80. The maximum absolute atomic E-state index is 12.1. The highest BCUT2D eigenvalue weighted by molar-refractivity contribution is 6.33. The molecule has 0 atom stereocenters. The Bertz CT molecular complexity index is 683. The first-order chi connectivity index (χ1) is 9.95. The van der Waals surface area contributed by atoms with Gasteiger partial charge in [0.15, 0.2) is 0 Å². The molecule has 0 spiro atoms. The average molecular weight is 326 g/mol. The van der Waals surface area contributed by atoms with Crippen LogP contribution in [0.2, 0.25) is 10.0 Å². The molecule has 0 saturated carbocycles. The number of nitrogens with zero attached hydrogens (tertiary/aromatic N) is 2. The minimum absolute atomic E-state index is 0.181. The molecule has 2 rings (SSSR count). The van der Waals surface area contributed by atoms with Gasteiger partial charge in [-0.25, -0.2) is 4.68 Å². The lowest BCUT2D eigenvalue weighted by Gasteiger charge is -2.10. The van der Waals surface area contributed by atoms with Gasteiger partial charge in [0.05, 0.1) is 18.4 Å². The Hall–Kier alpha value is -1.52. The van der Waals surface area contributed by atoms with Crippen LogP contribution < -0.4 is 10.9 Å². The molecule has 1 aromatic carbocycles. The molecule has 0 aliphatic rings. The van der Waals surface area contributed by atoms with Crippen molar-refractivity contribution in [2.45, 2.75) is 20.4 Å². The van der Waals surface area contributed by atoms with Crippen molar-refractivity contribution in [3.8, 4) is 0 Å². The summed E-state index contributed by atoms with van der Waals surface area (Å²) in [4.78, 5) is 12.1. The zero-order valence-corrected chi connectivity index (χ0v) is 13.4. The standard InChI is InChI=1S/C15H17Cl2N3O/c1-10(2)7-18-13-6-15(21)20(19-8-13)9-11-5-12(16)3-4-14(11)17/h3-6,8,10,18H,7,9H2,1-2H3. The molecule has 1 aromatic heterocycles. The quantitative estimate of drug-likeness (QED) is 0.912. The van der Waals surface area contributed by atoms with E-state index in [0.717, 1.165) is 17.8 Å². The van der Waals surface area contributed by atoms with Gasteiger partial charge in [0, 0.05) is 22.7 Å². The second kappa shape index (κ2) is 6.96. The molecule has 0 amide bonds. The van der Waals surface area contributed by atoms with E-state index in [9.17, 15) is 4.79 Å². The van der Waals surface area contributed by atoms with E-state index in [4.69, 9.17) is 23.2 Å². The first-order valence-corrected chi connectivity index (χ1v) is 7.46. The first kappa shape index (κ1) is 15.9. The lowest BCUT2D eigenvalue weighted by atomic mass is 10.2. The van der Waals surface area contributed by atoms with Crippen molar-refractivity contribution in [3.05, 3.63) is 56.4 Å². The highest BCUT2D eigenvalue weighted by Gasteiger charge is 2.06.